The van der Waals surface area contributed by atoms with Crippen molar-refractivity contribution in [3.63, 3.8) is 0 Å². The van der Waals surface area contributed by atoms with Crippen LogP contribution in [0.25, 0.3) is 0 Å². The summed E-state index contributed by atoms with van der Waals surface area (Å²) in [6.07, 6.45) is 0.282. The molecular formula is C16H23N3O3. The summed E-state index contributed by atoms with van der Waals surface area (Å²) in [7, 11) is 0. The molecule has 2 N–H and O–H groups in total. The summed E-state index contributed by atoms with van der Waals surface area (Å²) in [5.41, 5.74) is 0.239. The number of amides is 3. The van der Waals surface area contributed by atoms with Gasteiger partial charge in [0.2, 0.25) is 0 Å². The molecule has 1 heterocycles. The topological polar surface area (TPSA) is 70.7 Å². The maximum atomic E-state index is 12.1. The summed E-state index contributed by atoms with van der Waals surface area (Å²) in [4.78, 5) is 25.6. The number of rotatable bonds is 2. The summed E-state index contributed by atoms with van der Waals surface area (Å²) in [6, 6.07) is 9.08. The van der Waals surface area contributed by atoms with Crippen molar-refractivity contribution < 1.29 is 14.3 Å². The highest BCUT2D eigenvalue weighted by atomic mass is 16.6. The van der Waals surface area contributed by atoms with E-state index in [-0.39, 0.29) is 12.1 Å². The quantitative estimate of drug-likeness (QED) is 0.882. The molecule has 1 aliphatic rings. The van der Waals surface area contributed by atoms with Crippen molar-refractivity contribution in [2.45, 2.75) is 38.8 Å². The number of urea groups is 1. The van der Waals surface area contributed by atoms with Crippen LogP contribution in [0.5, 0.6) is 0 Å². The average Bonchev–Trinajstić information content (AvgIpc) is 2.86. The number of hydrogen-bond acceptors (Lipinski definition) is 3. The van der Waals surface area contributed by atoms with Gasteiger partial charge in [0.05, 0.1) is 6.04 Å². The summed E-state index contributed by atoms with van der Waals surface area (Å²) in [5, 5.41) is 5.64. The molecule has 120 valence electrons. The summed E-state index contributed by atoms with van der Waals surface area (Å²) >= 11 is 0. The number of nitrogens with zero attached hydrogens (tertiary/aromatic N) is 1. The highest BCUT2D eigenvalue weighted by molar-refractivity contribution is 5.89. The zero-order valence-electron chi connectivity index (χ0n) is 13.3. The molecule has 1 atom stereocenters. The average molecular weight is 305 g/mol. The Labute approximate surface area is 130 Å². The first-order valence-corrected chi connectivity index (χ1v) is 7.44. The van der Waals surface area contributed by atoms with E-state index in [4.69, 9.17) is 4.74 Å². The van der Waals surface area contributed by atoms with Gasteiger partial charge >= 0.3 is 12.1 Å². The van der Waals surface area contributed by atoms with Crippen LogP contribution >= 0.6 is 0 Å². The Morgan fingerprint density at radius 3 is 2.55 bits per heavy atom. The molecule has 0 radical (unpaired) electrons. The fourth-order valence-electron chi connectivity index (χ4n) is 2.26. The van der Waals surface area contributed by atoms with E-state index < -0.39 is 11.7 Å². The molecule has 1 unspecified atom stereocenters. The first-order valence-electron chi connectivity index (χ1n) is 7.44. The van der Waals surface area contributed by atoms with Gasteiger partial charge in [0.25, 0.3) is 0 Å². The summed E-state index contributed by atoms with van der Waals surface area (Å²) < 4.78 is 5.22. The molecule has 1 aromatic carbocycles. The molecular weight excluding hydrogens is 282 g/mol. The molecule has 6 nitrogen and oxygen atoms in total. The minimum absolute atomic E-state index is 0.0728. The second-order valence-corrected chi connectivity index (χ2v) is 6.37. The van der Waals surface area contributed by atoms with Crippen LogP contribution in [-0.2, 0) is 4.74 Å². The predicted octanol–water partition coefficient (Wildman–Crippen LogP) is 2.82. The fourth-order valence-corrected chi connectivity index (χ4v) is 2.26. The lowest BCUT2D eigenvalue weighted by Gasteiger charge is -2.22. The van der Waals surface area contributed by atoms with E-state index in [0.717, 1.165) is 12.1 Å². The Bertz CT molecular complexity index is 525. The van der Waals surface area contributed by atoms with Crippen LogP contribution < -0.4 is 10.6 Å². The molecule has 1 aliphatic heterocycles. The fraction of sp³-hybridized carbons (Fsp3) is 0.500. The zero-order valence-corrected chi connectivity index (χ0v) is 13.3. The molecule has 1 fully saturated rings. The number of para-hydroxylation sites is 1. The number of hydrogen-bond donors (Lipinski definition) is 2. The molecule has 0 aliphatic carbocycles. The minimum Gasteiger partial charge on any atom is -0.444 e. The molecule has 1 aromatic rings. The Hall–Kier alpha value is -2.24. The van der Waals surface area contributed by atoms with Crippen molar-refractivity contribution in [3.05, 3.63) is 30.3 Å². The largest absolute Gasteiger partial charge is 0.444 e. The van der Waals surface area contributed by atoms with Crippen molar-refractivity contribution in [2.75, 3.05) is 18.4 Å². The van der Waals surface area contributed by atoms with Gasteiger partial charge in [-0.15, -0.1) is 0 Å². The van der Waals surface area contributed by atoms with Gasteiger partial charge in [-0.3, -0.25) is 0 Å². The van der Waals surface area contributed by atoms with E-state index in [1.807, 2.05) is 51.1 Å². The Balaban J connectivity index is 1.80. The molecule has 22 heavy (non-hydrogen) atoms. The van der Waals surface area contributed by atoms with Crippen molar-refractivity contribution in [2.24, 2.45) is 0 Å². The Morgan fingerprint density at radius 1 is 1.23 bits per heavy atom. The second-order valence-electron chi connectivity index (χ2n) is 6.37. The van der Waals surface area contributed by atoms with Crippen molar-refractivity contribution in [1.82, 2.24) is 10.2 Å². The molecule has 0 aromatic heterocycles. The first-order chi connectivity index (χ1) is 10.3. The third-order valence-corrected chi connectivity index (χ3v) is 3.22. The predicted molar refractivity (Wildman–Crippen MR) is 84.8 cm³/mol. The summed E-state index contributed by atoms with van der Waals surface area (Å²) in [5.74, 6) is 0. The number of carbonyl (C=O) groups is 2. The van der Waals surface area contributed by atoms with E-state index in [1.165, 1.54) is 0 Å². The van der Waals surface area contributed by atoms with E-state index >= 15 is 0 Å². The molecule has 3 amide bonds. The third-order valence-electron chi connectivity index (χ3n) is 3.22. The van der Waals surface area contributed by atoms with E-state index in [0.29, 0.717) is 13.1 Å². The monoisotopic (exact) mass is 305 g/mol. The molecule has 0 saturated carbocycles. The van der Waals surface area contributed by atoms with Crippen LogP contribution in [0.2, 0.25) is 0 Å². The van der Waals surface area contributed by atoms with Crippen molar-refractivity contribution >= 4 is 17.8 Å². The number of alkyl carbamates (subject to hydrolysis) is 1. The zero-order chi connectivity index (χ0) is 16.2. The molecule has 0 spiro atoms. The van der Waals surface area contributed by atoms with Crippen LogP contribution in [0.1, 0.15) is 27.2 Å². The minimum atomic E-state index is -0.521. The number of likely N-dealkylation sites (tertiary alicyclic amines) is 1. The number of anilines is 1. The number of ether oxygens (including phenoxy) is 1. The highest BCUT2D eigenvalue weighted by Gasteiger charge is 2.28. The lowest BCUT2D eigenvalue weighted by Crippen LogP contribution is -2.42. The Kier molecular flexibility index (Phi) is 4.90. The van der Waals surface area contributed by atoms with Gasteiger partial charge in [0, 0.05) is 18.8 Å². The molecule has 2 rings (SSSR count). The van der Waals surface area contributed by atoms with Crippen LogP contribution in [-0.4, -0.2) is 41.8 Å². The van der Waals surface area contributed by atoms with Crippen molar-refractivity contribution in [3.8, 4) is 0 Å². The first kappa shape index (κ1) is 16.1. The molecule has 0 bridgehead atoms. The van der Waals surface area contributed by atoms with Gasteiger partial charge in [0.1, 0.15) is 5.60 Å². The van der Waals surface area contributed by atoms with Crippen LogP contribution in [0.4, 0.5) is 15.3 Å². The highest BCUT2D eigenvalue weighted by Crippen LogP contribution is 2.14. The van der Waals surface area contributed by atoms with Gasteiger partial charge in [-0.25, -0.2) is 9.59 Å². The number of nitrogens with one attached hydrogen (secondary N) is 2. The number of benzene rings is 1. The lowest BCUT2D eigenvalue weighted by molar-refractivity contribution is 0.0506. The maximum Gasteiger partial charge on any atom is 0.407 e. The summed E-state index contributed by atoms with van der Waals surface area (Å²) in [6.45, 7) is 6.56. The van der Waals surface area contributed by atoms with Gasteiger partial charge in [0.15, 0.2) is 0 Å². The van der Waals surface area contributed by atoms with E-state index in [9.17, 15) is 9.59 Å². The Morgan fingerprint density at radius 2 is 1.91 bits per heavy atom. The van der Waals surface area contributed by atoms with E-state index in [1.54, 1.807) is 4.90 Å². The second kappa shape index (κ2) is 6.68. The van der Waals surface area contributed by atoms with Gasteiger partial charge in [-0.2, -0.15) is 0 Å². The normalized spacial score (nSPS) is 18.0. The SMILES string of the molecule is CC(C)(C)OC(=O)NC1CCN(C(=O)Nc2ccccc2)C1. The van der Waals surface area contributed by atoms with Crippen LogP contribution in [0.15, 0.2) is 30.3 Å². The van der Waals surface area contributed by atoms with Gasteiger partial charge in [-0.05, 0) is 39.3 Å². The van der Waals surface area contributed by atoms with Gasteiger partial charge < -0.3 is 20.3 Å². The standard InChI is InChI=1S/C16H23N3O3/c1-16(2,3)22-15(21)18-13-9-10-19(11-13)14(20)17-12-7-5-4-6-8-12/h4-8,13H,9-11H2,1-3H3,(H,17,20)(H,18,21). The number of carbonyl (C=O) groups excluding carboxylic acids is 2. The lowest BCUT2D eigenvalue weighted by atomic mass is 10.2. The smallest absolute Gasteiger partial charge is 0.407 e. The van der Waals surface area contributed by atoms with Crippen molar-refractivity contribution in [1.29, 1.82) is 0 Å². The van der Waals surface area contributed by atoms with Crippen LogP contribution in [0.3, 0.4) is 0 Å². The molecule has 6 heteroatoms. The molecule has 1 saturated heterocycles. The van der Waals surface area contributed by atoms with Gasteiger partial charge in [-0.1, -0.05) is 18.2 Å². The van der Waals surface area contributed by atoms with E-state index in [2.05, 4.69) is 10.6 Å². The maximum absolute atomic E-state index is 12.1. The van der Waals surface area contributed by atoms with Crippen LogP contribution in [0, 0.1) is 0 Å². The third kappa shape index (κ3) is 4.95.